The first-order chi connectivity index (χ1) is 11.2. The predicted octanol–water partition coefficient (Wildman–Crippen LogP) is 4.38. The van der Waals surface area contributed by atoms with Crippen LogP contribution in [0, 0.1) is 0 Å². The van der Waals surface area contributed by atoms with Crippen LogP contribution in [0.25, 0.3) is 0 Å². The Hall–Kier alpha value is -1.70. The summed E-state index contributed by atoms with van der Waals surface area (Å²) in [5.41, 5.74) is 1.78. The van der Waals surface area contributed by atoms with Crippen LogP contribution in [0.3, 0.4) is 0 Å². The van der Waals surface area contributed by atoms with E-state index in [1.807, 2.05) is 67.6 Å². The van der Waals surface area contributed by atoms with E-state index in [1.54, 1.807) is 0 Å². The summed E-state index contributed by atoms with van der Waals surface area (Å²) in [6, 6.07) is 19.6. The minimum absolute atomic E-state index is 0.0496. The molecule has 2 aromatic rings. The zero-order chi connectivity index (χ0) is 16.5. The highest BCUT2D eigenvalue weighted by Crippen LogP contribution is 2.29. The molecule has 0 heterocycles. The second-order valence-electron chi connectivity index (χ2n) is 5.48. The first-order valence-electron chi connectivity index (χ1n) is 7.88. The van der Waals surface area contributed by atoms with E-state index in [4.69, 9.17) is 4.74 Å². The number of benzene rings is 2. The van der Waals surface area contributed by atoms with Gasteiger partial charge in [0.1, 0.15) is 6.61 Å². The molecule has 1 N–H and O–H groups in total. The zero-order valence-corrected chi connectivity index (χ0v) is 14.3. The fourth-order valence-electron chi connectivity index (χ4n) is 2.35. The lowest BCUT2D eigenvalue weighted by atomic mass is 10.1. The third kappa shape index (κ3) is 6.13. The molecule has 0 spiro atoms. The van der Waals surface area contributed by atoms with Crippen LogP contribution < -0.4 is 0 Å². The van der Waals surface area contributed by atoms with Crippen molar-refractivity contribution < 1.29 is 14.6 Å². The molecular formula is C19H23O3P. The summed E-state index contributed by atoms with van der Waals surface area (Å²) < 4.78 is 5.35. The highest BCUT2D eigenvalue weighted by atomic mass is 31.1. The number of rotatable bonds is 8. The second-order valence-corrected chi connectivity index (χ2v) is 6.92. The van der Waals surface area contributed by atoms with E-state index >= 15 is 0 Å². The fraction of sp³-hybridized carbons (Fsp3) is 0.316. The maximum absolute atomic E-state index is 12.1. The summed E-state index contributed by atoms with van der Waals surface area (Å²) in [6.07, 6.45) is 0.836. The van der Waals surface area contributed by atoms with Crippen molar-refractivity contribution in [2.24, 2.45) is 0 Å². The molecule has 3 atom stereocenters. The molecule has 0 radical (unpaired) electrons. The van der Waals surface area contributed by atoms with Crippen molar-refractivity contribution in [3.63, 3.8) is 0 Å². The minimum Gasteiger partial charge on any atom is -0.458 e. The molecule has 0 aliphatic heterocycles. The van der Waals surface area contributed by atoms with Crippen LogP contribution in [0.2, 0.25) is 0 Å². The van der Waals surface area contributed by atoms with Gasteiger partial charge in [0.15, 0.2) is 0 Å². The molecule has 0 bridgehead atoms. The molecule has 0 amide bonds. The Morgan fingerprint density at radius 2 is 1.61 bits per heavy atom. The lowest BCUT2D eigenvalue weighted by molar-refractivity contribution is 0.157. The van der Waals surface area contributed by atoms with Gasteiger partial charge in [0, 0.05) is 14.2 Å². The number of aliphatic hydroxyl groups is 1. The van der Waals surface area contributed by atoms with Crippen molar-refractivity contribution in [2.45, 2.75) is 38.1 Å². The number of hydrogen-bond donors (Lipinski definition) is 1. The van der Waals surface area contributed by atoms with E-state index in [2.05, 4.69) is 0 Å². The maximum atomic E-state index is 12.1. The van der Waals surface area contributed by atoms with Crippen molar-refractivity contribution >= 4 is 14.3 Å². The molecular weight excluding hydrogens is 307 g/mol. The van der Waals surface area contributed by atoms with Crippen LogP contribution in [0.4, 0.5) is 4.79 Å². The maximum Gasteiger partial charge on any atom is 0.323 e. The SMILES string of the molecule is CC[C@@H](O)[C@H](Cc1ccccc1)PC(=O)OCc1ccccc1. The van der Waals surface area contributed by atoms with Crippen molar-refractivity contribution in [1.29, 1.82) is 0 Å². The van der Waals surface area contributed by atoms with Gasteiger partial charge < -0.3 is 9.84 Å². The Morgan fingerprint density at radius 3 is 2.17 bits per heavy atom. The Morgan fingerprint density at radius 1 is 1.04 bits per heavy atom. The van der Waals surface area contributed by atoms with E-state index in [1.165, 1.54) is 0 Å². The van der Waals surface area contributed by atoms with Crippen molar-refractivity contribution in [2.75, 3.05) is 0 Å². The van der Waals surface area contributed by atoms with Gasteiger partial charge in [0.25, 0.3) is 0 Å². The molecule has 122 valence electrons. The average Bonchev–Trinajstić information content (AvgIpc) is 2.60. The Bertz CT molecular complexity index is 586. The van der Waals surface area contributed by atoms with Crippen LogP contribution in [0.1, 0.15) is 24.5 Å². The standard InChI is InChI=1S/C19H23O3P/c1-2-17(20)18(13-15-9-5-3-6-10-15)23-19(21)22-14-16-11-7-4-8-12-16/h3-12,17-18,20,23H,2,13-14H2,1H3/t17-,18+/m1/s1. The number of carbonyl (C=O) groups excluding carboxylic acids is 1. The van der Waals surface area contributed by atoms with Gasteiger partial charge in [-0.2, -0.15) is 0 Å². The van der Waals surface area contributed by atoms with Crippen molar-refractivity contribution in [3.8, 4) is 0 Å². The van der Waals surface area contributed by atoms with Gasteiger partial charge in [0.05, 0.1) is 6.10 Å². The molecule has 2 rings (SSSR count). The molecule has 2 aromatic carbocycles. The monoisotopic (exact) mass is 330 g/mol. The summed E-state index contributed by atoms with van der Waals surface area (Å²) in [5, 5.41) is 10.2. The zero-order valence-electron chi connectivity index (χ0n) is 13.3. The van der Waals surface area contributed by atoms with Crippen LogP contribution >= 0.6 is 8.58 Å². The molecule has 0 saturated heterocycles. The van der Waals surface area contributed by atoms with Crippen molar-refractivity contribution in [1.82, 2.24) is 0 Å². The highest BCUT2D eigenvalue weighted by molar-refractivity contribution is 7.58. The van der Waals surface area contributed by atoms with Gasteiger partial charge in [-0.1, -0.05) is 67.6 Å². The summed E-state index contributed by atoms with van der Waals surface area (Å²) in [4.78, 5) is 12.1. The molecule has 0 aliphatic carbocycles. The summed E-state index contributed by atoms with van der Waals surface area (Å²) in [7, 11) is -0.0496. The summed E-state index contributed by atoms with van der Waals surface area (Å²) >= 11 is 0. The highest BCUT2D eigenvalue weighted by Gasteiger charge is 2.22. The summed E-state index contributed by atoms with van der Waals surface area (Å²) in [6.45, 7) is 2.22. The molecule has 0 aliphatic rings. The number of carbonyl (C=O) groups is 1. The second kappa shape index (κ2) is 9.44. The number of hydrogen-bond acceptors (Lipinski definition) is 3. The molecule has 0 fully saturated rings. The van der Waals surface area contributed by atoms with Gasteiger partial charge in [0.2, 0.25) is 0 Å². The average molecular weight is 330 g/mol. The van der Waals surface area contributed by atoms with Crippen LogP contribution in [-0.2, 0) is 17.8 Å². The first kappa shape index (κ1) is 17.7. The Kier molecular flexibility index (Phi) is 7.25. The lowest BCUT2D eigenvalue weighted by Gasteiger charge is -2.21. The fourth-order valence-corrected chi connectivity index (χ4v) is 3.58. The van der Waals surface area contributed by atoms with Gasteiger partial charge in [-0.05, 0) is 24.0 Å². The van der Waals surface area contributed by atoms with Gasteiger partial charge >= 0.3 is 5.71 Å². The minimum atomic E-state index is -0.488. The van der Waals surface area contributed by atoms with E-state index in [0.717, 1.165) is 11.1 Å². The molecule has 0 saturated carbocycles. The summed E-state index contributed by atoms with van der Waals surface area (Å²) in [5.74, 6) is 0. The van der Waals surface area contributed by atoms with E-state index in [9.17, 15) is 9.90 Å². The van der Waals surface area contributed by atoms with Crippen LogP contribution in [0.15, 0.2) is 60.7 Å². The van der Waals surface area contributed by atoms with Gasteiger partial charge in [-0.3, -0.25) is 0 Å². The Labute approximate surface area is 139 Å². The normalized spacial score (nSPS) is 13.8. The molecule has 1 unspecified atom stereocenters. The largest absolute Gasteiger partial charge is 0.458 e. The lowest BCUT2D eigenvalue weighted by Crippen LogP contribution is -2.25. The third-order valence-electron chi connectivity index (χ3n) is 3.70. The van der Waals surface area contributed by atoms with Crippen molar-refractivity contribution in [3.05, 3.63) is 71.8 Å². The quantitative estimate of drug-likeness (QED) is 0.731. The van der Waals surface area contributed by atoms with Crippen LogP contribution in [0.5, 0.6) is 0 Å². The topological polar surface area (TPSA) is 46.5 Å². The number of ether oxygens (including phenoxy) is 1. The molecule has 0 aromatic heterocycles. The number of aliphatic hydroxyl groups excluding tert-OH is 1. The van der Waals surface area contributed by atoms with Crippen LogP contribution in [-0.4, -0.2) is 22.6 Å². The molecule has 4 heteroatoms. The van der Waals surface area contributed by atoms with Gasteiger partial charge in [-0.15, -0.1) is 0 Å². The Balaban J connectivity index is 1.90. The van der Waals surface area contributed by atoms with Gasteiger partial charge in [-0.25, -0.2) is 4.79 Å². The van der Waals surface area contributed by atoms with E-state index < -0.39 is 6.10 Å². The molecule has 3 nitrogen and oxygen atoms in total. The van der Waals surface area contributed by atoms with E-state index in [0.29, 0.717) is 12.8 Å². The third-order valence-corrected chi connectivity index (χ3v) is 5.04. The van der Waals surface area contributed by atoms with E-state index in [-0.39, 0.29) is 26.6 Å². The first-order valence-corrected chi connectivity index (χ1v) is 8.96. The predicted molar refractivity (Wildman–Crippen MR) is 95.2 cm³/mol. The smallest absolute Gasteiger partial charge is 0.323 e. The molecule has 23 heavy (non-hydrogen) atoms.